The average molecular weight is 281 g/mol. The Bertz CT molecular complexity index is 391. The molecule has 2 heterocycles. The minimum atomic E-state index is -0.664. The molecule has 1 saturated heterocycles. The van der Waals surface area contributed by atoms with Gasteiger partial charge in [0, 0.05) is 24.4 Å². The number of nitrogens with zero attached hydrogens (tertiary/aromatic N) is 1. The highest BCUT2D eigenvalue weighted by Gasteiger charge is 2.25. The Balaban J connectivity index is 1.78. The summed E-state index contributed by atoms with van der Waals surface area (Å²) in [4.78, 5) is 14.8. The van der Waals surface area contributed by atoms with Gasteiger partial charge in [0.1, 0.15) is 0 Å². The predicted octanol–water partition coefficient (Wildman–Crippen LogP) is 3.11. The highest BCUT2D eigenvalue weighted by molar-refractivity contribution is 7.09. The van der Waals surface area contributed by atoms with E-state index in [0.717, 1.165) is 19.5 Å². The van der Waals surface area contributed by atoms with Crippen molar-refractivity contribution in [2.24, 2.45) is 11.8 Å². The second-order valence-electron chi connectivity index (χ2n) is 5.61. The fourth-order valence-electron chi connectivity index (χ4n) is 2.92. The molecule has 0 spiro atoms. The Morgan fingerprint density at radius 1 is 1.63 bits per heavy atom. The number of hydrogen-bond donors (Lipinski definition) is 1. The largest absolute Gasteiger partial charge is 0.481 e. The van der Waals surface area contributed by atoms with E-state index in [1.165, 1.54) is 24.3 Å². The Kier molecular flexibility index (Phi) is 5.40. The first-order valence-electron chi connectivity index (χ1n) is 7.11. The molecule has 1 N–H and O–H groups in total. The zero-order valence-corrected chi connectivity index (χ0v) is 12.4. The number of aliphatic carboxylic acids is 1. The van der Waals surface area contributed by atoms with E-state index in [0.29, 0.717) is 18.3 Å². The van der Waals surface area contributed by atoms with E-state index in [1.807, 2.05) is 11.3 Å². The number of carboxylic acids is 1. The van der Waals surface area contributed by atoms with Crippen LogP contribution >= 0.6 is 11.3 Å². The molecule has 1 aromatic heterocycles. The van der Waals surface area contributed by atoms with Crippen LogP contribution in [0, 0.1) is 11.8 Å². The number of piperidine rings is 1. The molecule has 1 fully saturated rings. The quantitative estimate of drug-likeness (QED) is 0.871. The normalized spacial score (nSPS) is 22.3. The molecular formula is C15H23NO2S. The van der Waals surface area contributed by atoms with E-state index >= 15 is 0 Å². The predicted molar refractivity (Wildman–Crippen MR) is 78.6 cm³/mol. The van der Waals surface area contributed by atoms with E-state index in [9.17, 15) is 4.79 Å². The highest BCUT2D eigenvalue weighted by atomic mass is 32.1. The van der Waals surface area contributed by atoms with Gasteiger partial charge in [-0.1, -0.05) is 13.0 Å². The second kappa shape index (κ2) is 7.06. The van der Waals surface area contributed by atoms with Crippen LogP contribution in [0.15, 0.2) is 17.5 Å². The average Bonchev–Trinajstić information content (AvgIpc) is 2.89. The van der Waals surface area contributed by atoms with Gasteiger partial charge in [-0.3, -0.25) is 4.79 Å². The van der Waals surface area contributed by atoms with Gasteiger partial charge < -0.3 is 10.0 Å². The Morgan fingerprint density at radius 3 is 3.16 bits per heavy atom. The zero-order chi connectivity index (χ0) is 13.7. The molecule has 3 nitrogen and oxygen atoms in total. The van der Waals surface area contributed by atoms with E-state index in [2.05, 4.69) is 29.3 Å². The summed E-state index contributed by atoms with van der Waals surface area (Å²) in [5.74, 6) is 0.179. The second-order valence-corrected chi connectivity index (χ2v) is 6.64. The third kappa shape index (κ3) is 4.62. The fraction of sp³-hybridized carbons (Fsp3) is 0.667. The molecule has 0 aromatic carbocycles. The van der Waals surface area contributed by atoms with Crippen LogP contribution in [0.25, 0.3) is 0 Å². The van der Waals surface area contributed by atoms with Crippen molar-refractivity contribution in [3.8, 4) is 0 Å². The molecule has 2 atom stereocenters. The lowest BCUT2D eigenvalue weighted by Gasteiger charge is -2.35. The van der Waals surface area contributed by atoms with Gasteiger partial charge in [0.25, 0.3) is 0 Å². The van der Waals surface area contributed by atoms with Gasteiger partial charge in [0.2, 0.25) is 0 Å². The molecule has 0 saturated carbocycles. The van der Waals surface area contributed by atoms with Crippen molar-refractivity contribution >= 4 is 17.3 Å². The smallest absolute Gasteiger partial charge is 0.303 e. The van der Waals surface area contributed by atoms with Crippen LogP contribution in [0.3, 0.4) is 0 Å². The maximum Gasteiger partial charge on any atom is 0.303 e. The number of carboxylic acid groups (broad SMARTS) is 1. The van der Waals surface area contributed by atoms with Crippen LogP contribution in [0.1, 0.15) is 31.1 Å². The fourth-order valence-corrected chi connectivity index (χ4v) is 3.62. The SMILES string of the molecule is CC(CC(=O)O)C1CCCN(CCc2cccs2)C1. The molecule has 1 aliphatic heterocycles. The minimum Gasteiger partial charge on any atom is -0.481 e. The van der Waals surface area contributed by atoms with Crippen molar-refractivity contribution in [3.05, 3.63) is 22.4 Å². The standard InChI is InChI=1S/C15H23NO2S/c1-12(10-15(17)18)13-4-2-7-16(11-13)8-6-14-5-3-9-19-14/h3,5,9,12-13H,2,4,6-8,10-11H2,1H3,(H,17,18). The summed E-state index contributed by atoms with van der Waals surface area (Å²) in [5.41, 5.74) is 0. The lowest BCUT2D eigenvalue weighted by Crippen LogP contribution is -2.39. The molecule has 19 heavy (non-hydrogen) atoms. The van der Waals surface area contributed by atoms with Gasteiger partial charge in [-0.05, 0) is 49.1 Å². The molecule has 0 aliphatic carbocycles. The van der Waals surface area contributed by atoms with Crippen LogP contribution in [0.2, 0.25) is 0 Å². The van der Waals surface area contributed by atoms with Gasteiger partial charge in [-0.2, -0.15) is 0 Å². The highest BCUT2D eigenvalue weighted by Crippen LogP contribution is 2.26. The number of carbonyl (C=O) groups is 1. The Hall–Kier alpha value is -0.870. The molecule has 4 heteroatoms. The summed E-state index contributed by atoms with van der Waals surface area (Å²) in [6.45, 7) is 5.43. The zero-order valence-electron chi connectivity index (χ0n) is 11.5. The Labute approximate surface area is 119 Å². The van der Waals surface area contributed by atoms with E-state index in [-0.39, 0.29) is 0 Å². The minimum absolute atomic E-state index is 0.294. The number of thiophene rings is 1. The molecule has 0 bridgehead atoms. The summed E-state index contributed by atoms with van der Waals surface area (Å²) in [5, 5.41) is 11.0. The molecule has 106 valence electrons. The van der Waals surface area contributed by atoms with Gasteiger partial charge in [0.05, 0.1) is 0 Å². The third-order valence-electron chi connectivity index (χ3n) is 4.10. The molecule has 1 aromatic rings. The first-order valence-corrected chi connectivity index (χ1v) is 7.99. The molecule has 0 amide bonds. The lowest BCUT2D eigenvalue weighted by molar-refractivity contribution is -0.138. The van der Waals surface area contributed by atoms with Crippen molar-refractivity contribution < 1.29 is 9.90 Å². The van der Waals surface area contributed by atoms with Gasteiger partial charge in [-0.25, -0.2) is 0 Å². The number of likely N-dealkylation sites (tertiary alicyclic amines) is 1. The first-order chi connectivity index (χ1) is 9.15. The van der Waals surface area contributed by atoms with Gasteiger partial charge in [-0.15, -0.1) is 11.3 Å². The van der Waals surface area contributed by atoms with Crippen molar-refractivity contribution in [2.75, 3.05) is 19.6 Å². The first kappa shape index (κ1) is 14.5. The van der Waals surface area contributed by atoms with Crippen molar-refractivity contribution in [1.29, 1.82) is 0 Å². The van der Waals surface area contributed by atoms with Crippen molar-refractivity contribution in [2.45, 2.75) is 32.6 Å². The monoisotopic (exact) mass is 281 g/mol. The van der Waals surface area contributed by atoms with Gasteiger partial charge in [0.15, 0.2) is 0 Å². The lowest BCUT2D eigenvalue weighted by atomic mass is 9.84. The van der Waals surface area contributed by atoms with Crippen molar-refractivity contribution in [1.82, 2.24) is 4.90 Å². The van der Waals surface area contributed by atoms with E-state index in [1.54, 1.807) is 0 Å². The van der Waals surface area contributed by atoms with Crippen molar-refractivity contribution in [3.63, 3.8) is 0 Å². The Morgan fingerprint density at radius 2 is 2.47 bits per heavy atom. The summed E-state index contributed by atoms with van der Waals surface area (Å²) in [6, 6.07) is 4.30. The maximum absolute atomic E-state index is 10.8. The summed E-state index contributed by atoms with van der Waals surface area (Å²) in [7, 11) is 0. The summed E-state index contributed by atoms with van der Waals surface area (Å²) >= 11 is 1.82. The van der Waals surface area contributed by atoms with Crippen LogP contribution in [-0.4, -0.2) is 35.6 Å². The summed E-state index contributed by atoms with van der Waals surface area (Å²) < 4.78 is 0. The topological polar surface area (TPSA) is 40.5 Å². The number of rotatable bonds is 6. The van der Waals surface area contributed by atoms with Crippen LogP contribution in [-0.2, 0) is 11.2 Å². The van der Waals surface area contributed by atoms with E-state index < -0.39 is 5.97 Å². The van der Waals surface area contributed by atoms with Crippen LogP contribution < -0.4 is 0 Å². The maximum atomic E-state index is 10.8. The number of hydrogen-bond acceptors (Lipinski definition) is 3. The third-order valence-corrected chi connectivity index (χ3v) is 5.03. The van der Waals surface area contributed by atoms with Crippen LogP contribution in [0.5, 0.6) is 0 Å². The molecule has 1 aliphatic rings. The van der Waals surface area contributed by atoms with Gasteiger partial charge >= 0.3 is 5.97 Å². The molecule has 2 unspecified atom stereocenters. The molecule has 0 radical (unpaired) electrons. The van der Waals surface area contributed by atoms with Crippen LogP contribution in [0.4, 0.5) is 0 Å². The van der Waals surface area contributed by atoms with E-state index in [4.69, 9.17) is 5.11 Å². The molecule has 2 rings (SSSR count). The summed E-state index contributed by atoms with van der Waals surface area (Å²) in [6.07, 6.45) is 3.82. The molecular weight excluding hydrogens is 258 g/mol.